The van der Waals surface area contributed by atoms with Crippen molar-refractivity contribution in [1.82, 2.24) is 5.32 Å². The van der Waals surface area contributed by atoms with Gasteiger partial charge in [-0.1, -0.05) is 6.07 Å². The fourth-order valence-electron chi connectivity index (χ4n) is 2.84. The van der Waals surface area contributed by atoms with E-state index >= 15 is 0 Å². The third-order valence-corrected chi connectivity index (χ3v) is 6.18. The number of amides is 1. The van der Waals surface area contributed by atoms with Gasteiger partial charge in [-0.25, -0.2) is 8.42 Å². The van der Waals surface area contributed by atoms with Crippen molar-refractivity contribution < 1.29 is 22.7 Å². The van der Waals surface area contributed by atoms with Gasteiger partial charge >= 0.3 is 0 Å². The van der Waals surface area contributed by atoms with Gasteiger partial charge in [0.15, 0.2) is 0 Å². The number of thioether (sulfide) groups is 1. The molecule has 0 radical (unpaired) electrons. The Morgan fingerprint density at radius 2 is 1.90 bits per heavy atom. The minimum Gasteiger partial charge on any atom is -0.497 e. The Morgan fingerprint density at radius 3 is 2.48 bits per heavy atom. The molecule has 2 rings (SSSR count). The van der Waals surface area contributed by atoms with E-state index in [9.17, 15) is 13.2 Å². The van der Waals surface area contributed by atoms with Gasteiger partial charge in [0, 0.05) is 10.5 Å². The van der Waals surface area contributed by atoms with Crippen molar-refractivity contribution >= 4 is 33.4 Å². The predicted molar refractivity (Wildman–Crippen MR) is 117 cm³/mol. The van der Waals surface area contributed by atoms with Crippen molar-refractivity contribution in [3.8, 4) is 11.5 Å². The van der Waals surface area contributed by atoms with E-state index in [1.54, 1.807) is 57.5 Å². The van der Waals surface area contributed by atoms with Crippen molar-refractivity contribution in [2.75, 3.05) is 37.6 Å². The third kappa shape index (κ3) is 6.04. The number of nitrogens with zero attached hydrogens (tertiary/aromatic N) is 1. The molecule has 0 aliphatic heterocycles. The van der Waals surface area contributed by atoms with Crippen molar-refractivity contribution in [3.63, 3.8) is 0 Å². The molecule has 0 aliphatic rings. The van der Waals surface area contributed by atoms with E-state index in [1.165, 1.54) is 11.8 Å². The summed E-state index contributed by atoms with van der Waals surface area (Å²) < 4.78 is 36.3. The first-order valence-corrected chi connectivity index (χ1v) is 11.9. The molecule has 1 amide bonds. The first kappa shape index (κ1) is 22.9. The molecule has 9 heteroatoms. The van der Waals surface area contributed by atoms with Gasteiger partial charge in [0.05, 0.1) is 32.2 Å². The smallest absolute Gasteiger partial charge is 0.241 e. The zero-order valence-electron chi connectivity index (χ0n) is 17.1. The number of carbonyl (C=O) groups is 1. The van der Waals surface area contributed by atoms with Crippen LogP contribution in [0.25, 0.3) is 0 Å². The van der Waals surface area contributed by atoms with Crippen molar-refractivity contribution in [3.05, 3.63) is 48.0 Å². The number of methoxy groups -OCH3 is 2. The normalized spacial score (nSPS) is 12.2. The summed E-state index contributed by atoms with van der Waals surface area (Å²) in [5, 5.41) is 2.84. The van der Waals surface area contributed by atoms with Crippen LogP contribution < -0.4 is 19.1 Å². The van der Waals surface area contributed by atoms with Crippen molar-refractivity contribution in [2.24, 2.45) is 0 Å². The van der Waals surface area contributed by atoms with Gasteiger partial charge in [0.25, 0.3) is 0 Å². The molecule has 7 nitrogen and oxygen atoms in total. The first-order chi connectivity index (χ1) is 13.7. The Hall–Kier alpha value is -2.39. The third-order valence-electron chi connectivity index (χ3n) is 4.31. The highest BCUT2D eigenvalue weighted by molar-refractivity contribution is 7.98. The summed E-state index contributed by atoms with van der Waals surface area (Å²) in [6, 6.07) is 11.9. The number of carbonyl (C=O) groups excluding carboxylic acids is 1. The number of anilines is 1. The summed E-state index contributed by atoms with van der Waals surface area (Å²) in [4.78, 5) is 13.6. The highest BCUT2D eigenvalue weighted by Crippen LogP contribution is 2.29. The van der Waals surface area contributed by atoms with Crippen LogP contribution >= 0.6 is 11.8 Å². The van der Waals surface area contributed by atoms with Crippen LogP contribution in [0.15, 0.2) is 47.4 Å². The maximum absolute atomic E-state index is 12.7. The molecule has 0 aliphatic carbocycles. The molecule has 0 saturated heterocycles. The zero-order chi connectivity index (χ0) is 21.6. The van der Waals surface area contributed by atoms with Gasteiger partial charge in [-0.2, -0.15) is 0 Å². The number of nitrogens with one attached hydrogen (secondary N) is 1. The Bertz CT molecular complexity index is 963. The molecule has 158 valence electrons. The molecule has 2 aromatic carbocycles. The van der Waals surface area contributed by atoms with Gasteiger partial charge in [-0.3, -0.25) is 9.10 Å². The van der Waals surface area contributed by atoms with Gasteiger partial charge in [0.2, 0.25) is 15.9 Å². The molecule has 1 atom stereocenters. The minimum absolute atomic E-state index is 0.326. The summed E-state index contributed by atoms with van der Waals surface area (Å²) >= 11 is 1.50. The average Bonchev–Trinajstić information content (AvgIpc) is 2.70. The Labute approximate surface area is 176 Å². The molecule has 1 N–H and O–H groups in total. The van der Waals surface area contributed by atoms with E-state index < -0.39 is 22.0 Å². The lowest BCUT2D eigenvalue weighted by Crippen LogP contribution is -2.41. The van der Waals surface area contributed by atoms with Crippen LogP contribution in [0.4, 0.5) is 5.69 Å². The summed E-state index contributed by atoms with van der Waals surface area (Å²) in [5.41, 5.74) is 1.18. The Kier molecular flexibility index (Phi) is 7.80. The highest BCUT2D eigenvalue weighted by atomic mass is 32.2. The van der Waals surface area contributed by atoms with Gasteiger partial charge in [-0.15, -0.1) is 11.8 Å². The largest absolute Gasteiger partial charge is 0.497 e. The zero-order valence-corrected chi connectivity index (χ0v) is 18.8. The van der Waals surface area contributed by atoms with Crippen LogP contribution in [-0.2, 0) is 14.8 Å². The molecular formula is C20H26N2O5S2. The van der Waals surface area contributed by atoms with E-state index in [-0.39, 0.29) is 6.54 Å². The molecule has 2 aromatic rings. The van der Waals surface area contributed by atoms with Gasteiger partial charge < -0.3 is 14.8 Å². The fraction of sp³-hybridized carbons (Fsp3) is 0.350. The molecule has 0 aromatic heterocycles. The number of sulfonamides is 1. The molecule has 29 heavy (non-hydrogen) atoms. The number of hydrogen-bond donors (Lipinski definition) is 1. The number of rotatable bonds is 9. The maximum atomic E-state index is 12.7. The quantitative estimate of drug-likeness (QED) is 0.606. The van der Waals surface area contributed by atoms with Crippen LogP contribution in [0.3, 0.4) is 0 Å². The predicted octanol–water partition coefficient (Wildman–Crippen LogP) is 3.07. The van der Waals surface area contributed by atoms with Crippen LogP contribution in [0.5, 0.6) is 11.5 Å². The average molecular weight is 439 g/mol. The number of ether oxygens (including phenoxy) is 2. The second kappa shape index (κ2) is 9.89. The molecule has 0 unspecified atom stereocenters. The summed E-state index contributed by atoms with van der Waals surface area (Å²) in [7, 11) is -0.541. The van der Waals surface area contributed by atoms with Gasteiger partial charge in [-0.05, 0) is 49.6 Å². The monoisotopic (exact) mass is 438 g/mol. The van der Waals surface area contributed by atoms with Gasteiger partial charge in [0.1, 0.15) is 18.0 Å². The standard InChI is InChI=1S/C20H26N2O5S2/c1-14(18-12-16(26-2)9-10-19(18)27-3)21-20(23)13-22(29(5,24)25)15-7-6-8-17(11-15)28-4/h6-12,14H,13H2,1-5H3,(H,21,23)/t14-/m0/s1. The van der Waals surface area contributed by atoms with E-state index in [0.29, 0.717) is 17.2 Å². The second-order valence-electron chi connectivity index (χ2n) is 6.37. The number of benzene rings is 2. The van der Waals surface area contributed by atoms with Crippen LogP contribution in [0.1, 0.15) is 18.5 Å². The molecular weight excluding hydrogens is 412 g/mol. The highest BCUT2D eigenvalue weighted by Gasteiger charge is 2.23. The van der Waals surface area contributed by atoms with Crippen LogP contribution in [0.2, 0.25) is 0 Å². The fourth-order valence-corrected chi connectivity index (χ4v) is 4.14. The molecule has 0 fully saturated rings. The molecule has 0 saturated carbocycles. The van der Waals surface area contributed by atoms with Crippen LogP contribution in [-0.4, -0.2) is 47.6 Å². The Morgan fingerprint density at radius 1 is 1.17 bits per heavy atom. The second-order valence-corrected chi connectivity index (χ2v) is 9.15. The van der Waals surface area contributed by atoms with Crippen LogP contribution in [0, 0.1) is 0 Å². The lowest BCUT2D eigenvalue weighted by atomic mass is 10.1. The van der Waals surface area contributed by atoms with E-state index in [4.69, 9.17) is 9.47 Å². The molecule has 0 bridgehead atoms. The summed E-state index contributed by atoms with van der Waals surface area (Å²) in [6.45, 7) is 1.47. The first-order valence-electron chi connectivity index (χ1n) is 8.82. The minimum atomic E-state index is -3.64. The topological polar surface area (TPSA) is 84.9 Å². The number of hydrogen-bond acceptors (Lipinski definition) is 6. The Balaban J connectivity index is 2.22. The summed E-state index contributed by atoms with van der Waals surface area (Å²) in [6.07, 6.45) is 2.99. The lowest BCUT2D eigenvalue weighted by molar-refractivity contribution is -0.120. The van der Waals surface area contributed by atoms with E-state index in [1.807, 2.05) is 12.3 Å². The molecule has 0 spiro atoms. The van der Waals surface area contributed by atoms with Crippen molar-refractivity contribution in [2.45, 2.75) is 17.9 Å². The summed E-state index contributed by atoms with van der Waals surface area (Å²) in [5.74, 6) is 0.808. The van der Waals surface area contributed by atoms with E-state index in [0.717, 1.165) is 21.0 Å². The molecule has 0 heterocycles. The lowest BCUT2D eigenvalue weighted by Gasteiger charge is -2.24. The SMILES string of the molecule is COc1ccc(OC)c([C@H](C)NC(=O)CN(c2cccc(SC)c2)S(C)(=O)=O)c1. The maximum Gasteiger partial charge on any atom is 0.241 e. The van der Waals surface area contributed by atoms with Crippen molar-refractivity contribution in [1.29, 1.82) is 0 Å². The van der Waals surface area contributed by atoms with E-state index in [2.05, 4.69) is 5.32 Å².